The van der Waals surface area contributed by atoms with Gasteiger partial charge in [-0.3, -0.25) is 0 Å². The van der Waals surface area contributed by atoms with Gasteiger partial charge in [0.2, 0.25) is 0 Å². The molecule has 7 nitrogen and oxygen atoms in total. The van der Waals surface area contributed by atoms with E-state index in [1.807, 2.05) is 24.4 Å². The number of fused-ring (bicyclic) bond motifs is 1. The maximum atomic E-state index is 4.55. The van der Waals surface area contributed by atoms with E-state index in [9.17, 15) is 0 Å². The van der Waals surface area contributed by atoms with Crippen LogP contribution in [0.3, 0.4) is 0 Å². The Labute approximate surface area is 144 Å². The van der Waals surface area contributed by atoms with E-state index < -0.39 is 0 Å². The molecule has 128 valence electrons. The van der Waals surface area contributed by atoms with Crippen LogP contribution in [0.5, 0.6) is 0 Å². The van der Waals surface area contributed by atoms with Crippen molar-refractivity contribution in [2.24, 2.45) is 0 Å². The van der Waals surface area contributed by atoms with Gasteiger partial charge in [0, 0.05) is 17.9 Å². The molecule has 1 aliphatic rings. The first-order chi connectivity index (χ1) is 12.5. The highest BCUT2D eigenvalue weighted by Crippen LogP contribution is 2.09. The lowest BCUT2D eigenvalue weighted by Gasteiger charge is -1.97. The molecule has 0 aliphatic carbocycles. The predicted octanol–water partition coefficient (Wildman–Crippen LogP) is 4.07. The number of hydroxylamine groups is 1. The summed E-state index contributed by atoms with van der Waals surface area (Å²) >= 11 is 0. The van der Waals surface area contributed by atoms with Crippen LogP contribution < -0.4 is 5.48 Å². The number of para-hydroxylation sites is 1. The second-order valence-electron chi connectivity index (χ2n) is 4.35. The molecule has 0 amide bonds. The van der Waals surface area contributed by atoms with Gasteiger partial charge in [0.25, 0.3) is 0 Å². The largest absolute Gasteiger partial charge is 0.452 e. The van der Waals surface area contributed by atoms with Crippen molar-refractivity contribution in [2.75, 3.05) is 0 Å². The average molecular weight is 338 g/mol. The first kappa shape index (κ1) is 17.6. The van der Waals surface area contributed by atoms with Crippen molar-refractivity contribution in [3.63, 3.8) is 0 Å². The van der Waals surface area contributed by atoms with E-state index in [0.29, 0.717) is 0 Å². The number of aromatic nitrogens is 3. The highest BCUT2D eigenvalue weighted by atomic mass is 16.6. The van der Waals surface area contributed by atoms with Crippen LogP contribution in [-0.2, 0) is 4.84 Å². The molecule has 0 saturated carbocycles. The molecular weight excluding hydrogens is 320 g/mol. The van der Waals surface area contributed by atoms with E-state index in [2.05, 4.69) is 52.6 Å². The number of nitrogens with one attached hydrogen (secondary N) is 2. The highest BCUT2D eigenvalue weighted by molar-refractivity contribution is 5.78. The lowest BCUT2D eigenvalue weighted by molar-refractivity contribution is 0.172. The minimum atomic E-state index is 1.21. The molecule has 4 aromatic rings. The molecule has 0 unspecified atom stereocenters. The van der Waals surface area contributed by atoms with Gasteiger partial charge >= 0.3 is 0 Å². The summed E-state index contributed by atoms with van der Waals surface area (Å²) in [5.41, 5.74) is 3.72. The Balaban J connectivity index is 0.000000125. The Morgan fingerprint density at radius 3 is 2.32 bits per heavy atom. The smallest absolute Gasteiger partial charge is 0.180 e. The number of aromatic amines is 1. The van der Waals surface area contributed by atoms with Crippen LogP contribution in [0.15, 0.2) is 107 Å². The Morgan fingerprint density at radius 2 is 1.88 bits per heavy atom. The molecule has 0 radical (unpaired) electrons. The zero-order chi connectivity index (χ0) is 17.4. The molecule has 25 heavy (non-hydrogen) atoms. The monoisotopic (exact) mass is 338 g/mol. The number of rotatable bonds is 0. The van der Waals surface area contributed by atoms with Gasteiger partial charge in [0.15, 0.2) is 6.39 Å². The summed E-state index contributed by atoms with van der Waals surface area (Å²) in [6, 6.07) is 12.0. The zero-order valence-corrected chi connectivity index (χ0v) is 13.4. The second kappa shape index (κ2) is 11.8. The Kier molecular flexibility index (Phi) is 8.30. The summed E-state index contributed by atoms with van der Waals surface area (Å²) in [5.74, 6) is 0. The molecule has 1 aromatic carbocycles. The van der Waals surface area contributed by atoms with Crippen LogP contribution in [0.2, 0.25) is 0 Å². The molecule has 4 heterocycles. The van der Waals surface area contributed by atoms with E-state index in [1.165, 1.54) is 29.8 Å². The van der Waals surface area contributed by atoms with Crippen LogP contribution in [0.1, 0.15) is 0 Å². The van der Waals surface area contributed by atoms with Crippen molar-refractivity contribution in [1.29, 1.82) is 0 Å². The fourth-order valence-corrected chi connectivity index (χ4v) is 1.60. The highest BCUT2D eigenvalue weighted by Gasteiger charge is 1.86. The van der Waals surface area contributed by atoms with E-state index in [0.717, 1.165) is 0 Å². The summed E-state index contributed by atoms with van der Waals surface area (Å²) in [6.07, 6.45) is 16.4. The Hall–Kier alpha value is -3.74. The zero-order valence-electron chi connectivity index (χ0n) is 13.4. The molecule has 0 atom stereocenters. The minimum Gasteiger partial charge on any atom is -0.452 e. The predicted molar refractivity (Wildman–Crippen MR) is 93.8 cm³/mol. The van der Waals surface area contributed by atoms with Crippen molar-refractivity contribution in [3.05, 3.63) is 98.5 Å². The SMILES string of the molecule is C1=CNOC=C1.c1ccc2[nH]ccc2c1.c1cnoc1.c1cocn1. The summed E-state index contributed by atoms with van der Waals surface area (Å²) < 4.78 is 8.81. The van der Waals surface area contributed by atoms with Crippen LogP contribution in [0.4, 0.5) is 0 Å². The van der Waals surface area contributed by atoms with Gasteiger partial charge in [0.05, 0.1) is 12.4 Å². The third kappa shape index (κ3) is 7.89. The van der Waals surface area contributed by atoms with Gasteiger partial charge in [-0.2, -0.15) is 0 Å². The van der Waals surface area contributed by atoms with E-state index in [-0.39, 0.29) is 0 Å². The Morgan fingerprint density at radius 1 is 0.920 bits per heavy atom. The number of hydrogen-bond donors (Lipinski definition) is 2. The van der Waals surface area contributed by atoms with Gasteiger partial charge in [-0.25, -0.2) is 10.5 Å². The molecule has 2 N–H and O–H groups in total. The second-order valence-corrected chi connectivity index (χ2v) is 4.35. The minimum absolute atomic E-state index is 1.21. The molecule has 0 spiro atoms. The average Bonchev–Trinajstić information content (AvgIpc) is 3.49. The van der Waals surface area contributed by atoms with Crippen LogP contribution in [-0.4, -0.2) is 15.1 Å². The molecule has 0 saturated heterocycles. The molecular formula is C18H18N4O3. The van der Waals surface area contributed by atoms with Crippen LogP contribution in [0, 0.1) is 0 Å². The molecule has 0 fully saturated rings. The summed E-state index contributed by atoms with van der Waals surface area (Å²) in [5, 5.41) is 4.62. The van der Waals surface area contributed by atoms with Crippen molar-refractivity contribution in [3.8, 4) is 0 Å². The fourth-order valence-electron chi connectivity index (χ4n) is 1.60. The van der Waals surface area contributed by atoms with Crippen molar-refractivity contribution < 1.29 is 13.8 Å². The van der Waals surface area contributed by atoms with E-state index in [1.54, 1.807) is 37.0 Å². The van der Waals surface area contributed by atoms with Crippen LogP contribution in [0.25, 0.3) is 10.9 Å². The topological polar surface area (TPSA) is 89.1 Å². The van der Waals surface area contributed by atoms with Crippen molar-refractivity contribution in [1.82, 2.24) is 20.6 Å². The summed E-state index contributed by atoms with van der Waals surface area (Å²) in [4.78, 5) is 11.2. The first-order valence-corrected chi connectivity index (χ1v) is 7.38. The van der Waals surface area contributed by atoms with E-state index in [4.69, 9.17) is 0 Å². The fraction of sp³-hybridized carbons (Fsp3) is 0. The Bertz CT molecular complexity index is 718. The van der Waals surface area contributed by atoms with Gasteiger partial charge < -0.3 is 18.8 Å². The summed E-state index contributed by atoms with van der Waals surface area (Å²) in [6.45, 7) is 0. The number of oxazole rings is 1. The van der Waals surface area contributed by atoms with E-state index >= 15 is 0 Å². The van der Waals surface area contributed by atoms with Gasteiger partial charge in [-0.15, -0.1) is 0 Å². The third-order valence-corrected chi connectivity index (χ3v) is 2.65. The number of allylic oxidation sites excluding steroid dienone is 2. The van der Waals surface area contributed by atoms with Gasteiger partial charge in [-0.1, -0.05) is 23.4 Å². The maximum absolute atomic E-state index is 4.55. The third-order valence-electron chi connectivity index (χ3n) is 2.65. The quantitative estimate of drug-likeness (QED) is 0.502. The number of H-pyrrole nitrogens is 1. The van der Waals surface area contributed by atoms with Gasteiger partial charge in [0.1, 0.15) is 18.8 Å². The standard InChI is InChI=1S/C8H7N.C4H5NO.2C3H3NO/c1-2-4-8-7(3-1)5-6-9-8;1-2-4-6-5-3-1;1-2-5-3-4-1;1-2-4-5-3-1/h1-6,9H;1-5H;2*1-3H. The number of hydrogen-bond acceptors (Lipinski definition) is 6. The number of nitrogens with zero attached hydrogens (tertiary/aromatic N) is 2. The number of benzene rings is 1. The van der Waals surface area contributed by atoms with Gasteiger partial charge in [-0.05, 0) is 35.7 Å². The molecule has 0 bridgehead atoms. The summed E-state index contributed by atoms with van der Waals surface area (Å²) in [7, 11) is 0. The maximum Gasteiger partial charge on any atom is 0.180 e. The lowest BCUT2D eigenvalue weighted by atomic mass is 10.3. The molecule has 7 heteroatoms. The van der Waals surface area contributed by atoms with Crippen molar-refractivity contribution in [2.45, 2.75) is 0 Å². The van der Waals surface area contributed by atoms with Crippen LogP contribution >= 0.6 is 0 Å². The van der Waals surface area contributed by atoms with Crippen molar-refractivity contribution >= 4 is 10.9 Å². The first-order valence-electron chi connectivity index (χ1n) is 7.38. The molecule has 1 aliphatic heterocycles. The molecule has 5 rings (SSSR count). The lowest BCUT2D eigenvalue weighted by Crippen LogP contribution is -2.01. The normalized spacial score (nSPS) is 10.7. The molecule has 3 aromatic heterocycles.